The molecule has 0 spiro atoms. The zero-order valence-electron chi connectivity index (χ0n) is 10.3. The van der Waals surface area contributed by atoms with Gasteiger partial charge in [-0.05, 0) is 31.0 Å². The first-order chi connectivity index (χ1) is 8.97. The lowest BCUT2D eigenvalue weighted by atomic mass is 10.1. The number of rotatable bonds is 3. The van der Waals surface area contributed by atoms with Crippen LogP contribution in [0.5, 0.6) is 0 Å². The number of halogens is 1. The summed E-state index contributed by atoms with van der Waals surface area (Å²) in [6, 6.07) is 4.82. The number of hydrogen-bond acceptors (Lipinski definition) is 3. The number of carboxylic acid groups (broad SMARTS) is 1. The maximum absolute atomic E-state index is 12.4. The van der Waals surface area contributed by atoms with E-state index in [0.717, 1.165) is 17.3 Å². The van der Waals surface area contributed by atoms with Crippen LogP contribution in [0.15, 0.2) is 22.7 Å². The highest BCUT2D eigenvalue weighted by Gasteiger charge is 2.31. The van der Waals surface area contributed by atoms with E-state index in [9.17, 15) is 9.59 Å². The monoisotopic (exact) mass is 326 g/mol. The SMILES string of the molecule is Nc1cc(Br)cc(C(=O)N2CCCC2CC(=O)O)c1. The first-order valence-corrected chi connectivity index (χ1v) is 6.85. The second kappa shape index (κ2) is 5.61. The molecule has 1 atom stereocenters. The Hall–Kier alpha value is -1.56. The fourth-order valence-electron chi connectivity index (χ4n) is 2.42. The number of benzene rings is 1. The number of carbonyl (C=O) groups is 2. The third kappa shape index (κ3) is 3.26. The first kappa shape index (κ1) is 13.9. The molecule has 1 unspecified atom stereocenters. The van der Waals surface area contributed by atoms with E-state index in [4.69, 9.17) is 10.8 Å². The maximum Gasteiger partial charge on any atom is 0.305 e. The number of aliphatic carboxylic acids is 1. The van der Waals surface area contributed by atoms with Gasteiger partial charge in [0.05, 0.1) is 6.42 Å². The van der Waals surface area contributed by atoms with Crippen molar-refractivity contribution in [3.63, 3.8) is 0 Å². The van der Waals surface area contributed by atoms with E-state index in [0.29, 0.717) is 17.8 Å². The van der Waals surface area contributed by atoms with Crippen molar-refractivity contribution in [2.24, 2.45) is 0 Å². The number of nitrogens with two attached hydrogens (primary N) is 1. The summed E-state index contributed by atoms with van der Waals surface area (Å²) in [7, 11) is 0. The number of nitrogen functional groups attached to an aromatic ring is 1. The van der Waals surface area contributed by atoms with Crippen molar-refractivity contribution in [1.29, 1.82) is 0 Å². The molecule has 3 N–H and O–H groups in total. The van der Waals surface area contributed by atoms with Gasteiger partial charge in [0.15, 0.2) is 0 Å². The van der Waals surface area contributed by atoms with Gasteiger partial charge in [0.1, 0.15) is 0 Å². The maximum atomic E-state index is 12.4. The van der Waals surface area contributed by atoms with Gasteiger partial charge in [-0.25, -0.2) is 0 Å². The van der Waals surface area contributed by atoms with Gasteiger partial charge >= 0.3 is 5.97 Å². The summed E-state index contributed by atoms with van der Waals surface area (Å²) in [6.07, 6.45) is 1.57. The minimum absolute atomic E-state index is 0.00474. The van der Waals surface area contributed by atoms with E-state index in [1.54, 1.807) is 23.1 Å². The summed E-state index contributed by atoms with van der Waals surface area (Å²) in [5.41, 5.74) is 6.71. The van der Waals surface area contributed by atoms with Crippen molar-refractivity contribution in [3.05, 3.63) is 28.2 Å². The second-order valence-corrected chi connectivity index (χ2v) is 5.58. The summed E-state index contributed by atoms with van der Waals surface area (Å²) < 4.78 is 0.741. The lowest BCUT2D eigenvalue weighted by molar-refractivity contribution is -0.137. The third-order valence-corrected chi connectivity index (χ3v) is 3.67. The van der Waals surface area contributed by atoms with Crippen LogP contribution in [0.25, 0.3) is 0 Å². The molecule has 102 valence electrons. The fraction of sp³-hybridized carbons (Fsp3) is 0.385. The first-order valence-electron chi connectivity index (χ1n) is 6.06. The highest BCUT2D eigenvalue weighted by atomic mass is 79.9. The van der Waals surface area contributed by atoms with Gasteiger partial charge in [-0.15, -0.1) is 0 Å². The predicted octanol–water partition coefficient (Wildman–Crippen LogP) is 2.11. The number of anilines is 1. The van der Waals surface area contributed by atoms with Crippen molar-refractivity contribution >= 4 is 33.5 Å². The van der Waals surface area contributed by atoms with Gasteiger partial charge in [-0.1, -0.05) is 15.9 Å². The Morgan fingerprint density at radius 2 is 2.16 bits per heavy atom. The Balaban J connectivity index is 2.20. The molecule has 5 nitrogen and oxygen atoms in total. The van der Waals surface area contributed by atoms with Crippen molar-refractivity contribution in [3.8, 4) is 0 Å². The van der Waals surface area contributed by atoms with Crippen LogP contribution < -0.4 is 5.73 Å². The molecule has 0 bridgehead atoms. The van der Waals surface area contributed by atoms with Gasteiger partial charge in [-0.3, -0.25) is 9.59 Å². The molecular weight excluding hydrogens is 312 g/mol. The van der Waals surface area contributed by atoms with E-state index in [2.05, 4.69) is 15.9 Å². The highest BCUT2D eigenvalue weighted by molar-refractivity contribution is 9.10. The number of likely N-dealkylation sites (tertiary alicyclic amines) is 1. The Labute approximate surface area is 119 Å². The largest absolute Gasteiger partial charge is 0.481 e. The molecule has 0 saturated carbocycles. The number of amides is 1. The molecule has 1 aliphatic heterocycles. The number of nitrogens with zero attached hydrogens (tertiary/aromatic N) is 1. The van der Waals surface area contributed by atoms with E-state index in [-0.39, 0.29) is 18.4 Å². The van der Waals surface area contributed by atoms with Crippen LogP contribution in [0.4, 0.5) is 5.69 Å². The average molecular weight is 327 g/mol. The predicted molar refractivity (Wildman–Crippen MR) is 74.9 cm³/mol. The molecular formula is C13H15BrN2O3. The summed E-state index contributed by atoms with van der Waals surface area (Å²) in [5, 5.41) is 8.87. The van der Waals surface area contributed by atoms with Crippen LogP contribution in [-0.4, -0.2) is 34.5 Å². The van der Waals surface area contributed by atoms with Crippen LogP contribution >= 0.6 is 15.9 Å². The molecule has 0 aromatic heterocycles. The van der Waals surface area contributed by atoms with Crippen molar-refractivity contribution < 1.29 is 14.7 Å². The second-order valence-electron chi connectivity index (χ2n) is 4.67. The number of carboxylic acids is 1. The number of carbonyl (C=O) groups excluding carboxylic acids is 1. The normalized spacial score (nSPS) is 18.6. The van der Waals surface area contributed by atoms with Gasteiger partial charge in [0.25, 0.3) is 5.91 Å². The fourth-order valence-corrected chi connectivity index (χ4v) is 2.93. The smallest absolute Gasteiger partial charge is 0.305 e. The Kier molecular flexibility index (Phi) is 4.09. The van der Waals surface area contributed by atoms with Crippen LogP contribution in [0.3, 0.4) is 0 Å². The Morgan fingerprint density at radius 3 is 2.79 bits per heavy atom. The molecule has 1 aromatic carbocycles. The molecule has 2 rings (SSSR count). The summed E-state index contributed by atoms with van der Waals surface area (Å²) in [6.45, 7) is 0.600. The van der Waals surface area contributed by atoms with Crippen molar-refractivity contribution in [2.45, 2.75) is 25.3 Å². The molecule has 19 heavy (non-hydrogen) atoms. The van der Waals surface area contributed by atoms with E-state index in [1.165, 1.54) is 0 Å². The quantitative estimate of drug-likeness (QED) is 0.833. The molecule has 0 aliphatic carbocycles. The zero-order chi connectivity index (χ0) is 14.0. The summed E-state index contributed by atoms with van der Waals surface area (Å²) >= 11 is 3.30. The van der Waals surface area contributed by atoms with E-state index >= 15 is 0 Å². The van der Waals surface area contributed by atoms with Gasteiger partial charge in [0.2, 0.25) is 0 Å². The van der Waals surface area contributed by atoms with Crippen LogP contribution in [0, 0.1) is 0 Å². The zero-order valence-corrected chi connectivity index (χ0v) is 11.9. The van der Waals surface area contributed by atoms with Gasteiger partial charge < -0.3 is 15.7 Å². The third-order valence-electron chi connectivity index (χ3n) is 3.22. The molecule has 6 heteroatoms. The Morgan fingerprint density at radius 1 is 1.42 bits per heavy atom. The van der Waals surface area contributed by atoms with Crippen LogP contribution in [0.2, 0.25) is 0 Å². The molecule has 1 aromatic rings. The van der Waals surface area contributed by atoms with Crippen molar-refractivity contribution in [1.82, 2.24) is 4.90 Å². The van der Waals surface area contributed by atoms with Gasteiger partial charge in [-0.2, -0.15) is 0 Å². The van der Waals surface area contributed by atoms with Crippen molar-refractivity contribution in [2.75, 3.05) is 12.3 Å². The molecule has 1 aliphatic rings. The average Bonchev–Trinajstić information content (AvgIpc) is 2.73. The minimum atomic E-state index is -0.876. The summed E-state index contributed by atoms with van der Waals surface area (Å²) in [4.78, 5) is 24.8. The highest BCUT2D eigenvalue weighted by Crippen LogP contribution is 2.25. The molecule has 1 heterocycles. The standard InChI is InChI=1S/C13H15BrN2O3/c14-9-4-8(5-10(15)6-9)13(19)16-3-1-2-11(16)7-12(17)18/h4-6,11H,1-3,7,15H2,(H,17,18). The van der Waals surface area contributed by atoms with E-state index in [1.807, 2.05) is 0 Å². The van der Waals surface area contributed by atoms with Crippen LogP contribution in [0.1, 0.15) is 29.6 Å². The molecule has 1 fully saturated rings. The minimum Gasteiger partial charge on any atom is -0.481 e. The van der Waals surface area contributed by atoms with E-state index < -0.39 is 5.97 Å². The Bertz CT molecular complexity index is 498. The molecule has 0 radical (unpaired) electrons. The molecule has 1 amide bonds. The topological polar surface area (TPSA) is 83.6 Å². The number of hydrogen-bond donors (Lipinski definition) is 2. The van der Waals surface area contributed by atoms with Crippen LogP contribution in [-0.2, 0) is 4.79 Å². The lowest BCUT2D eigenvalue weighted by Crippen LogP contribution is -2.36. The lowest BCUT2D eigenvalue weighted by Gasteiger charge is -2.23. The van der Waals surface area contributed by atoms with Gasteiger partial charge in [0, 0.05) is 28.3 Å². The summed E-state index contributed by atoms with van der Waals surface area (Å²) in [5.74, 6) is -1.03. The molecule has 1 saturated heterocycles.